The van der Waals surface area contributed by atoms with E-state index in [1.165, 1.54) is 24.3 Å². The van der Waals surface area contributed by atoms with Crippen LogP contribution in [0.3, 0.4) is 0 Å². The van der Waals surface area contributed by atoms with Crippen molar-refractivity contribution in [3.63, 3.8) is 0 Å². The van der Waals surface area contributed by atoms with Crippen LogP contribution in [0.1, 0.15) is 16.2 Å². The minimum absolute atomic E-state index is 0.0289. The Morgan fingerprint density at radius 3 is 2.19 bits per heavy atom. The first-order valence-corrected chi connectivity index (χ1v) is 7.85. The van der Waals surface area contributed by atoms with Crippen LogP contribution >= 0.6 is 0 Å². The quantitative estimate of drug-likeness (QED) is 0.426. The van der Waals surface area contributed by atoms with Crippen molar-refractivity contribution in [2.45, 2.75) is 5.75 Å². The van der Waals surface area contributed by atoms with Gasteiger partial charge in [-0.25, -0.2) is 13.2 Å². The molecule has 0 saturated carbocycles. The van der Waals surface area contributed by atoms with Crippen LogP contribution in [0.25, 0.3) is 11.0 Å². The number of esters is 1. The summed E-state index contributed by atoms with van der Waals surface area (Å²) < 4.78 is 27.9. The van der Waals surface area contributed by atoms with Crippen molar-refractivity contribution >= 4 is 26.8 Å². The first-order chi connectivity index (χ1) is 9.76. The van der Waals surface area contributed by atoms with Gasteiger partial charge in [-0.15, -0.1) is 4.73 Å². The third kappa shape index (κ3) is 2.72. The second kappa shape index (κ2) is 5.17. The second-order valence-electron chi connectivity index (χ2n) is 4.43. The van der Waals surface area contributed by atoms with E-state index in [1.807, 2.05) is 0 Å². The van der Waals surface area contributed by atoms with Gasteiger partial charge in [0.25, 0.3) is 16.7 Å². The zero-order chi connectivity index (χ0) is 15.8. The molecular weight excluding hydrogens is 300 g/mol. The Hall–Kier alpha value is -2.42. The third-order valence-corrected chi connectivity index (χ3v) is 3.62. The first-order valence-electron chi connectivity index (χ1n) is 5.79. The van der Waals surface area contributed by atoms with Gasteiger partial charge in [0.05, 0.1) is 7.11 Å². The number of nitrogens with zero attached hydrogens (tertiary/aromatic N) is 2. The van der Waals surface area contributed by atoms with Gasteiger partial charge in [0.15, 0.2) is 9.84 Å². The number of hydrogen-bond donors (Lipinski definition) is 0. The Morgan fingerprint density at radius 1 is 1.19 bits per heavy atom. The molecule has 9 heteroatoms. The zero-order valence-electron chi connectivity index (χ0n) is 11.3. The Balaban J connectivity index is 2.92. The number of fused-ring (bicyclic) bond motifs is 1. The Bertz CT molecular complexity index is 831. The van der Waals surface area contributed by atoms with Crippen molar-refractivity contribution < 1.29 is 27.4 Å². The fourth-order valence-corrected chi connectivity index (χ4v) is 2.71. The van der Waals surface area contributed by atoms with Crippen LogP contribution in [0.4, 0.5) is 0 Å². The van der Waals surface area contributed by atoms with Gasteiger partial charge in [-0.1, -0.05) is 12.1 Å². The van der Waals surface area contributed by atoms with Gasteiger partial charge in [-0.3, -0.25) is 0 Å². The molecule has 0 fully saturated rings. The van der Waals surface area contributed by atoms with E-state index in [9.17, 15) is 23.6 Å². The molecule has 0 unspecified atom stereocenters. The summed E-state index contributed by atoms with van der Waals surface area (Å²) >= 11 is 0. The van der Waals surface area contributed by atoms with Crippen LogP contribution in [0.15, 0.2) is 24.3 Å². The maximum Gasteiger partial charge on any atom is 0.411 e. The van der Waals surface area contributed by atoms with E-state index in [-0.39, 0.29) is 20.5 Å². The minimum atomic E-state index is -3.63. The summed E-state index contributed by atoms with van der Waals surface area (Å²) in [5.74, 6) is -1.81. The van der Waals surface area contributed by atoms with Gasteiger partial charge >= 0.3 is 11.7 Å². The van der Waals surface area contributed by atoms with E-state index >= 15 is 0 Å². The molecule has 0 amide bonds. The monoisotopic (exact) mass is 312 g/mol. The van der Waals surface area contributed by atoms with Crippen molar-refractivity contribution in [1.29, 1.82) is 0 Å². The van der Waals surface area contributed by atoms with Gasteiger partial charge < -0.3 is 15.2 Å². The van der Waals surface area contributed by atoms with Crippen molar-refractivity contribution in [2.24, 2.45) is 0 Å². The highest BCUT2D eigenvalue weighted by molar-refractivity contribution is 7.89. The number of para-hydroxylation sites is 2. The summed E-state index contributed by atoms with van der Waals surface area (Å²) in [6.07, 6.45) is 0.901. The molecule has 0 radical (unpaired) electrons. The van der Waals surface area contributed by atoms with Crippen molar-refractivity contribution in [1.82, 2.24) is 0 Å². The molecule has 0 bridgehead atoms. The molecule has 0 N–H and O–H groups in total. The number of hydrogen-bond acceptors (Lipinski definition) is 6. The summed E-state index contributed by atoms with van der Waals surface area (Å²) in [4.78, 5) is 11.7. The van der Waals surface area contributed by atoms with Gasteiger partial charge in [0.2, 0.25) is 0 Å². The maximum absolute atomic E-state index is 12.3. The molecule has 2 aromatic rings. The normalized spacial score (nSPS) is 11.5. The summed E-state index contributed by atoms with van der Waals surface area (Å²) in [5, 5.41) is 24.5. The molecule has 0 aliphatic heterocycles. The number of benzene rings is 1. The Kier molecular flexibility index (Phi) is 3.69. The number of carbonyl (C=O) groups is 1. The fraction of sp³-hybridized carbons (Fsp3) is 0.250. The summed E-state index contributed by atoms with van der Waals surface area (Å²) in [6, 6.07) is 5.77. The number of sulfone groups is 1. The number of rotatable bonds is 3. The molecule has 0 aliphatic carbocycles. The van der Waals surface area contributed by atoms with Crippen LogP contribution in [-0.2, 0) is 20.3 Å². The van der Waals surface area contributed by atoms with Crippen LogP contribution in [-0.4, -0.2) is 27.8 Å². The lowest BCUT2D eigenvalue weighted by Crippen LogP contribution is -2.48. The molecule has 1 heterocycles. The van der Waals surface area contributed by atoms with E-state index in [0.717, 1.165) is 13.4 Å². The van der Waals surface area contributed by atoms with Gasteiger partial charge in [-0.05, 0) is 0 Å². The van der Waals surface area contributed by atoms with E-state index in [2.05, 4.69) is 4.74 Å². The molecular formula is C12H12N2O6S. The number of carbonyl (C=O) groups excluding carboxylic acids is 1. The molecule has 21 heavy (non-hydrogen) atoms. The Labute approximate surface area is 120 Å². The molecule has 0 aliphatic rings. The summed E-state index contributed by atoms with van der Waals surface area (Å²) in [7, 11) is -2.59. The fourth-order valence-electron chi connectivity index (χ4n) is 1.96. The molecule has 1 aromatic carbocycles. The molecule has 2 rings (SSSR count). The molecule has 0 spiro atoms. The van der Waals surface area contributed by atoms with Crippen molar-refractivity contribution in [2.75, 3.05) is 13.4 Å². The predicted octanol–water partition coefficient (Wildman–Crippen LogP) is -0.562. The number of methoxy groups -OCH3 is 1. The maximum atomic E-state index is 12.3. The lowest BCUT2D eigenvalue weighted by Gasteiger charge is -2.11. The van der Waals surface area contributed by atoms with Crippen molar-refractivity contribution in [3.8, 4) is 0 Å². The molecule has 0 atom stereocenters. The van der Waals surface area contributed by atoms with E-state index < -0.39 is 32.9 Å². The second-order valence-corrected chi connectivity index (χ2v) is 6.57. The summed E-state index contributed by atoms with van der Waals surface area (Å²) in [6.45, 7) is 0. The highest BCUT2D eigenvalue weighted by Crippen LogP contribution is 2.12. The smallest absolute Gasteiger partial charge is 0.411 e. The molecule has 1 aromatic heterocycles. The molecule has 0 saturated heterocycles. The van der Waals surface area contributed by atoms with Crippen LogP contribution in [0.5, 0.6) is 0 Å². The van der Waals surface area contributed by atoms with Gasteiger partial charge in [0, 0.05) is 18.4 Å². The van der Waals surface area contributed by atoms with Crippen LogP contribution in [0.2, 0.25) is 0 Å². The SMILES string of the molecule is COC(=O)c1c(CS(C)(=O)=O)[n+]([O-])c2ccccc2[n+]1[O-]. The lowest BCUT2D eigenvalue weighted by atomic mass is 10.2. The standard InChI is InChI=1S/C12H12N2O6S/c1-20-12(15)11-10(7-21(2,18)19)13(16)8-5-3-4-6-9(8)14(11)17/h3-6H,7H2,1-2H3. The third-order valence-electron chi connectivity index (χ3n) is 2.82. The zero-order valence-corrected chi connectivity index (χ0v) is 12.1. The predicted molar refractivity (Wildman–Crippen MR) is 71.8 cm³/mol. The number of aromatic nitrogens is 2. The largest absolute Gasteiger partial charge is 0.618 e. The van der Waals surface area contributed by atoms with Gasteiger partial charge in [0.1, 0.15) is 5.75 Å². The molecule has 8 nitrogen and oxygen atoms in total. The Morgan fingerprint density at radius 2 is 1.71 bits per heavy atom. The average Bonchev–Trinajstić information content (AvgIpc) is 2.43. The minimum Gasteiger partial charge on any atom is -0.618 e. The molecule has 112 valence electrons. The highest BCUT2D eigenvalue weighted by Gasteiger charge is 2.36. The highest BCUT2D eigenvalue weighted by atomic mass is 32.2. The summed E-state index contributed by atoms with van der Waals surface area (Å²) in [5.41, 5.74) is -1.17. The topological polar surface area (TPSA) is 114 Å². The van der Waals surface area contributed by atoms with Crippen molar-refractivity contribution in [3.05, 3.63) is 46.1 Å². The van der Waals surface area contributed by atoms with Crippen LogP contribution < -0.4 is 9.46 Å². The van der Waals surface area contributed by atoms with Crippen LogP contribution in [0, 0.1) is 10.4 Å². The van der Waals surface area contributed by atoms with E-state index in [4.69, 9.17) is 0 Å². The van der Waals surface area contributed by atoms with E-state index in [0.29, 0.717) is 0 Å². The lowest BCUT2D eigenvalue weighted by molar-refractivity contribution is -0.636. The average molecular weight is 312 g/mol. The number of ether oxygens (including phenoxy) is 1. The van der Waals surface area contributed by atoms with E-state index in [1.54, 1.807) is 0 Å². The first kappa shape index (κ1) is 15.0. The van der Waals surface area contributed by atoms with Gasteiger partial charge in [-0.2, -0.15) is 4.73 Å².